The summed E-state index contributed by atoms with van der Waals surface area (Å²) in [7, 11) is 0. The van der Waals surface area contributed by atoms with E-state index in [1.165, 1.54) is 0 Å². The SMILES string of the molecule is C=COOSC#CNC(=O)c1ccc(C)c(N)c1. The van der Waals surface area contributed by atoms with Crippen molar-refractivity contribution in [1.82, 2.24) is 5.32 Å². The summed E-state index contributed by atoms with van der Waals surface area (Å²) in [6, 6.07) is 7.45. The van der Waals surface area contributed by atoms with E-state index in [4.69, 9.17) is 5.73 Å². The number of aryl methyl sites for hydroxylation is 1. The number of nitrogen functional groups attached to an aromatic ring is 1. The van der Waals surface area contributed by atoms with E-state index in [1.807, 2.05) is 6.92 Å². The van der Waals surface area contributed by atoms with E-state index in [0.29, 0.717) is 11.3 Å². The fraction of sp³-hybridized carbons (Fsp3) is 0.0833. The molecule has 0 unspecified atom stereocenters. The second-order valence-electron chi connectivity index (χ2n) is 3.17. The van der Waals surface area contributed by atoms with Crippen LogP contribution in [0.3, 0.4) is 0 Å². The quantitative estimate of drug-likeness (QED) is 0.127. The van der Waals surface area contributed by atoms with E-state index < -0.39 is 0 Å². The lowest BCUT2D eigenvalue weighted by Crippen LogP contribution is -2.17. The molecule has 0 radical (unpaired) electrons. The van der Waals surface area contributed by atoms with Crippen molar-refractivity contribution in [2.75, 3.05) is 5.73 Å². The fourth-order valence-electron chi connectivity index (χ4n) is 1.02. The summed E-state index contributed by atoms with van der Waals surface area (Å²) in [4.78, 5) is 16.0. The summed E-state index contributed by atoms with van der Waals surface area (Å²) in [5.41, 5.74) is 7.63. The third kappa shape index (κ3) is 4.41. The molecule has 1 aromatic carbocycles. The van der Waals surface area contributed by atoms with E-state index in [9.17, 15) is 4.79 Å². The van der Waals surface area contributed by atoms with Crippen molar-refractivity contribution in [1.29, 1.82) is 0 Å². The molecule has 0 heterocycles. The molecule has 1 aromatic rings. The van der Waals surface area contributed by atoms with Gasteiger partial charge in [-0.1, -0.05) is 12.6 Å². The van der Waals surface area contributed by atoms with E-state index in [2.05, 4.69) is 32.4 Å². The van der Waals surface area contributed by atoms with Crippen LogP contribution in [0.4, 0.5) is 5.69 Å². The Labute approximate surface area is 109 Å². The highest BCUT2D eigenvalue weighted by molar-refractivity contribution is 7.99. The van der Waals surface area contributed by atoms with Crippen LogP contribution < -0.4 is 11.1 Å². The predicted molar refractivity (Wildman–Crippen MR) is 70.8 cm³/mol. The topological polar surface area (TPSA) is 73.6 Å². The minimum atomic E-state index is -0.334. The van der Waals surface area contributed by atoms with E-state index >= 15 is 0 Å². The standard InChI is InChI=1S/C12H12N2O3S/c1-3-16-17-18-7-6-14-12(15)10-5-4-9(2)11(13)8-10/h3-5,8H,1,13H2,2H3,(H,14,15). The maximum absolute atomic E-state index is 11.6. The van der Waals surface area contributed by atoms with Crippen LogP contribution >= 0.6 is 12.0 Å². The number of hydrogen-bond donors (Lipinski definition) is 2. The van der Waals surface area contributed by atoms with Crippen molar-refractivity contribution in [3.63, 3.8) is 0 Å². The predicted octanol–water partition coefficient (Wildman–Crippen LogP) is 1.97. The van der Waals surface area contributed by atoms with Gasteiger partial charge in [0.05, 0.1) is 0 Å². The normalized spacial score (nSPS) is 8.94. The van der Waals surface area contributed by atoms with Crippen LogP contribution in [0.15, 0.2) is 31.0 Å². The maximum atomic E-state index is 11.6. The first-order chi connectivity index (χ1) is 8.65. The molecule has 0 aliphatic heterocycles. The Balaban J connectivity index is 2.49. The first-order valence-corrected chi connectivity index (χ1v) is 5.65. The van der Waals surface area contributed by atoms with Gasteiger partial charge in [-0.05, 0) is 24.6 Å². The lowest BCUT2D eigenvalue weighted by molar-refractivity contribution is -0.127. The lowest BCUT2D eigenvalue weighted by atomic mass is 10.1. The van der Waals surface area contributed by atoms with Gasteiger partial charge in [0.1, 0.15) is 18.3 Å². The molecule has 0 aliphatic carbocycles. The number of nitrogens with two attached hydrogens (primary N) is 1. The van der Waals surface area contributed by atoms with Crippen LogP contribution in [0.5, 0.6) is 0 Å². The first kappa shape index (κ1) is 14.0. The summed E-state index contributed by atoms with van der Waals surface area (Å²) in [6.45, 7) is 5.14. The van der Waals surface area contributed by atoms with E-state index in [1.54, 1.807) is 18.2 Å². The Morgan fingerprint density at radius 2 is 2.39 bits per heavy atom. The zero-order chi connectivity index (χ0) is 13.4. The van der Waals surface area contributed by atoms with Crippen LogP contribution in [0.25, 0.3) is 0 Å². The molecule has 3 N–H and O–H groups in total. The number of benzene rings is 1. The average Bonchev–Trinajstić information content (AvgIpc) is 2.36. The summed E-state index contributed by atoms with van der Waals surface area (Å²) >= 11 is 0.727. The number of amides is 1. The Morgan fingerprint density at radius 1 is 1.61 bits per heavy atom. The van der Waals surface area contributed by atoms with Gasteiger partial charge in [0.15, 0.2) is 0 Å². The average molecular weight is 264 g/mol. The van der Waals surface area contributed by atoms with Gasteiger partial charge in [0, 0.05) is 22.5 Å². The molecule has 5 nitrogen and oxygen atoms in total. The molecule has 0 spiro atoms. The molecule has 0 aromatic heterocycles. The number of rotatable bonds is 4. The number of carbonyl (C=O) groups is 1. The van der Waals surface area contributed by atoms with Gasteiger partial charge in [-0.2, -0.15) is 0 Å². The van der Waals surface area contributed by atoms with Gasteiger partial charge in [0.25, 0.3) is 5.91 Å². The molecule has 1 rings (SSSR count). The molecular weight excluding hydrogens is 252 g/mol. The molecule has 0 bridgehead atoms. The molecule has 0 atom stereocenters. The van der Waals surface area contributed by atoms with Gasteiger partial charge in [-0.15, -0.1) is 4.33 Å². The monoisotopic (exact) mass is 264 g/mol. The molecule has 0 fully saturated rings. The molecule has 0 aliphatic rings. The smallest absolute Gasteiger partial charge is 0.262 e. The molecule has 1 amide bonds. The molecule has 94 valence electrons. The van der Waals surface area contributed by atoms with Crippen molar-refractivity contribution < 1.29 is 14.0 Å². The number of anilines is 1. The number of nitrogens with one attached hydrogen (secondary N) is 1. The molecular formula is C12H12N2O3S. The lowest BCUT2D eigenvalue weighted by Gasteiger charge is -2.02. The number of hydrogen-bond acceptors (Lipinski definition) is 5. The zero-order valence-electron chi connectivity index (χ0n) is 9.73. The van der Waals surface area contributed by atoms with Crippen molar-refractivity contribution in [2.24, 2.45) is 0 Å². The van der Waals surface area contributed by atoms with Crippen LogP contribution in [-0.4, -0.2) is 5.91 Å². The Morgan fingerprint density at radius 3 is 3.06 bits per heavy atom. The first-order valence-electron chi connectivity index (χ1n) is 4.91. The summed E-state index contributed by atoms with van der Waals surface area (Å²) in [5, 5.41) is 4.84. The minimum Gasteiger partial charge on any atom is -0.398 e. The largest absolute Gasteiger partial charge is 0.398 e. The summed E-state index contributed by atoms with van der Waals surface area (Å²) in [5.74, 6) is -0.334. The van der Waals surface area contributed by atoms with Crippen molar-refractivity contribution >= 4 is 23.6 Å². The van der Waals surface area contributed by atoms with Crippen LogP contribution in [-0.2, 0) is 9.22 Å². The van der Waals surface area contributed by atoms with Gasteiger partial charge in [-0.3, -0.25) is 10.1 Å². The molecule has 6 heteroatoms. The van der Waals surface area contributed by atoms with E-state index in [0.717, 1.165) is 23.9 Å². The summed E-state index contributed by atoms with van der Waals surface area (Å²) < 4.78 is 4.46. The van der Waals surface area contributed by atoms with Crippen molar-refractivity contribution in [3.8, 4) is 11.3 Å². The highest BCUT2D eigenvalue weighted by Crippen LogP contribution is 2.12. The van der Waals surface area contributed by atoms with Gasteiger partial charge in [0.2, 0.25) is 0 Å². The highest BCUT2D eigenvalue weighted by atomic mass is 32.2. The third-order valence-electron chi connectivity index (χ3n) is 1.95. The van der Waals surface area contributed by atoms with Gasteiger partial charge >= 0.3 is 0 Å². The van der Waals surface area contributed by atoms with Gasteiger partial charge < -0.3 is 10.6 Å². The Hall–Kier alpha value is -2.10. The molecule has 18 heavy (non-hydrogen) atoms. The van der Waals surface area contributed by atoms with Gasteiger partial charge in [-0.25, -0.2) is 0 Å². The van der Waals surface area contributed by atoms with Crippen LogP contribution in [0, 0.1) is 18.2 Å². The fourth-order valence-corrected chi connectivity index (χ4v) is 1.24. The Kier molecular flexibility index (Phi) is 5.64. The van der Waals surface area contributed by atoms with Crippen LogP contribution in [0.2, 0.25) is 0 Å². The maximum Gasteiger partial charge on any atom is 0.262 e. The van der Waals surface area contributed by atoms with Crippen molar-refractivity contribution in [2.45, 2.75) is 6.92 Å². The second kappa shape index (κ2) is 7.27. The molecule has 0 saturated heterocycles. The summed E-state index contributed by atoms with van der Waals surface area (Å²) in [6.07, 6.45) is 1.11. The van der Waals surface area contributed by atoms with E-state index in [-0.39, 0.29) is 5.91 Å². The zero-order valence-corrected chi connectivity index (χ0v) is 10.5. The highest BCUT2D eigenvalue weighted by Gasteiger charge is 2.04. The van der Waals surface area contributed by atoms with Crippen LogP contribution in [0.1, 0.15) is 15.9 Å². The minimum absolute atomic E-state index is 0.334. The second-order valence-corrected chi connectivity index (χ2v) is 3.67. The van der Waals surface area contributed by atoms with Crippen molar-refractivity contribution in [3.05, 3.63) is 42.2 Å². The Bertz CT molecular complexity index is 506. The third-order valence-corrected chi connectivity index (χ3v) is 2.28. The number of carbonyl (C=O) groups excluding carboxylic acids is 1. The molecule has 0 saturated carbocycles.